The molecule has 158 valence electrons. The minimum absolute atomic E-state index is 0.133. The van der Waals surface area contributed by atoms with Crippen LogP contribution in [0, 0.1) is 5.82 Å². The molecule has 0 spiro atoms. The van der Waals surface area contributed by atoms with Crippen LogP contribution in [0.25, 0.3) is 17.2 Å². The van der Waals surface area contributed by atoms with Gasteiger partial charge in [0.2, 0.25) is 0 Å². The van der Waals surface area contributed by atoms with Crippen molar-refractivity contribution in [3.8, 4) is 0 Å². The van der Waals surface area contributed by atoms with Crippen molar-refractivity contribution in [1.29, 1.82) is 0 Å². The van der Waals surface area contributed by atoms with Gasteiger partial charge in [0.15, 0.2) is 0 Å². The highest BCUT2D eigenvalue weighted by Crippen LogP contribution is 2.44. The Morgan fingerprint density at radius 2 is 1.80 bits per heavy atom. The predicted molar refractivity (Wildman–Crippen MR) is 121 cm³/mol. The summed E-state index contributed by atoms with van der Waals surface area (Å²) in [5.41, 5.74) is 5.54. The monoisotopic (exact) mass is 426 g/mol. The number of benzene rings is 2. The maximum atomic E-state index is 14.0. The fourth-order valence-corrected chi connectivity index (χ4v) is 4.32. The van der Waals surface area contributed by atoms with Crippen molar-refractivity contribution in [3.63, 3.8) is 0 Å². The zero-order valence-electron chi connectivity index (χ0n) is 17.4. The molecule has 2 aromatic rings. The lowest BCUT2D eigenvalue weighted by Gasteiger charge is -2.06. The highest BCUT2D eigenvalue weighted by Gasteiger charge is 2.25. The molecule has 0 aliphatic heterocycles. The van der Waals surface area contributed by atoms with Crippen LogP contribution < -0.4 is 0 Å². The molecule has 3 nitrogen and oxygen atoms in total. The molecule has 1 N–H and O–H groups in total. The van der Waals surface area contributed by atoms with Gasteiger partial charge in [-0.2, -0.15) is 0 Å². The maximum Gasteiger partial charge on any atom is 0.137 e. The molecule has 0 fully saturated rings. The molecule has 1 aliphatic rings. The van der Waals surface area contributed by atoms with Crippen LogP contribution in [0.2, 0.25) is 0 Å². The summed E-state index contributed by atoms with van der Waals surface area (Å²) in [6, 6.07) is 12.3. The van der Waals surface area contributed by atoms with Gasteiger partial charge >= 0.3 is 0 Å². The lowest BCUT2D eigenvalue weighted by Crippen LogP contribution is -2.00. The number of carbonyl (C=O) groups is 1. The third-order valence-corrected chi connectivity index (χ3v) is 6.40. The SMILES string of the molecule is CC1=C(CC(=O)CCCCCO)c2cc(F)ccc2/C1=C\c1ccc(S(C)=O)cc1. The summed E-state index contributed by atoms with van der Waals surface area (Å²) in [7, 11) is -1.03. The Labute approximate surface area is 179 Å². The number of allylic oxidation sites excluding steroid dienone is 3. The molecular weight excluding hydrogens is 399 g/mol. The smallest absolute Gasteiger partial charge is 0.137 e. The number of fused-ring (bicyclic) bond motifs is 1. The molecular formula is C25H27FO3S. The minimum Gasteiger partial charge on any atom is -0.396 e. The Bertz CT molecular complexity index is 1020. The molecule has 0 amide bonds. The van der Waals surface area contributed by atoms with Gasteiger partial charge in [-0.1, -0.05) is 24.6 Å². The van der Waals surface area contributed by atoms with Crippen LogP contribution >= 0.6 is 0 Å². The van der Waals surface area contributed by atoms with E-state index in [1.54, 1.807) is 12.3 Å². The Morgan fingerprint density at radius 1 is 1.07 bits per heavy atom. The number of rotatable bonds is 9. The van der Waals surface area contributed by atoms with E-state index in [9.17, 15) is 13.4 Å². The number of aliphatic hydroxyl groups is 1. The lowest BCUT2D eigenvalue weighted by atomic mass is 9.98. The summed E-state index contributed by atoms with van der Waals surface area (Å²) in [5.74, 6) is -0.181. The number of carbonyl (C=O) groups excluding carboxylic acids is 1. The second-order valence-electron chi connectivity index (χ2n) is 7.62. The maximum absolute atomic E-state index is 14.0. The van der Waals surface area contributed by atoms with Crippen molar-refractivity contribution in [2.45, 2.75) is 43.9 Å². The van der Waals surface area contributed by atoms with Crippen molar-refractivity contribution in [2.24, 2.45) is 0 Å². The zero-order valence-corrected chi connectivity index (χ0v) is 18.2. The fraction of sp³-hybridized carbons (Fsp3) is 0.320. The standard InChI is InChI=1S/C25H27FO3S/c1-17-23(14-18-7-10-21(11-8-18)30(2)29)22-12-9-19(26)15-25(22)24(17)16-20(28)6-4-3-5-13-27/h7-12,14-15,27H,3-6,13,16H2,1-2H3/b23-14-. The Kier molecular flexibility index (Phi) is 7.51. The van der Waals surface area contributed by atoms with Crippen LogP contribution in [0.3, 0.4) is 0 Å². The van der Waals surface area contributed by atoms with E-state index in [0.717, 1.165) is 51.1 Å². The number of ketones is 1. The molecule has 0 aromatic heterocycles. The van der Waals surface area contributed by atoms with Crippen molar-refractivity contribution in [1.82, 2.24) is 0 Å². The van der Waals surface area contributed by atoms with Crippen LogP contribution in [0.4, 0.5) is 4.39 Å². The van der Waals surface area contributed by atoms with Crippen molar-refractivity contribution >= 4 is 33.8 Å². The molecule has 5 heteroatoms. The largest absolute Gasteiger partial charge is 0.396 e. The first kappa shape index (κ1) is 22.3. The molecule has 30 heavy (non-hydrogen) atoms. The molecule has 0 bridgehead atoms. The quantitative estimate of drug-likeness (QED) is 0.546. The number of aliphatic hydroxyl groups excluding tert-OH is 1. The number of hydrogen-bond donors (Lipinski definition) is 1. The van der Waals surface area contributed by atoms with Crippen LogP contribution in [0.5, 0.6) is 0 Å². The predicted octanol–water partition coefficient (Wildman–Crippen LogP) is 5.40. The Hall–Kier alpha value is -2.37. The first-order valence-corrected chi connectivity index (χ1v) is 11.7. The van der Waals surface area contributed by atoms with E-state index in [2.05, 4.69) is 0 Å². The number of halogens is 1. The second-order valence-corrected chi connectivity index (χ2v) is 9.00. The number of Topliss-reactive ketones (excluding diaryl/α,β-unsaturated/α-hetero) is 1. The number of hydrogen-bond acceptors (Lipinski definition) is 3. The Balaban J connectivity index is 1.90. The average molecular weight is 427 g/mol. The van der Waals surface area contributed by atoms with Crippen molar-refractivity contribution < 1.29 is 18.5 Å². The lowest BCUT2D eigenvalue weighted by molar-refractivity contribution is -0.118. The molecule has 2 aromatic carbocycles. The average Bonchev–Trinajstić information content (AvgIpc) is 2.97. The van der Waals surface area contributed by atoms with Gasteiger partial charge in [0.1, 0.15) is 11.6 Å². The summed E-state index contributed by atoms with van der Waals surface area (Å²) in [4.78, 5) is 13.3. The van der Waals surface area contributed by atoms with E-state index in [1.165, 1.54) is 12.1 Å². The molecule has 3 rings (SSSR count). The van der Waals surface area contributed by atoms with Crippen LogP contribution in [-0.4, -0.2) is 28.0 Å². The molecule has 1 aliphatic carbocycles. The van der Waals surface area contributed by atoms with Crippen LogP contribution in [0.15, 0.2) is 52.9 Å². The fourth-order valence-electron chi connectivity index (χ4n) is 3.80. The molecule has 0 saturated heterocycles. The Morgan fingerprint density at radius 3 is 2.47 bits per heavy atom. The highest BCUT2D eigenvalue weighted by molar-refractivity contribution is 7.84. The van der Waals surface area contributed by atoms with Gasteiger partial charge < -0.3 is 5.11 Å². The molecule has 1 unspecified atom stereocenters. The molecule has 0 saturated carbocycles. The summed E-state index contributed by atoms with van der Waals surface area (Å²) >= 11 is 0. The van der Waals surface area contributed by atoms with Crippen molar-refractivity contribution in [3.05, 3.63) is 70.5 Å². The zero-order chi connectivity index (χ0) is 21.7. The minimum atomic E-state index is -1.03. The third-order valence-electron chi connectivity index (χ3n) is 5.46. The first-order valence-electron chi connectivity index (χ1n) is 10.2. The first-order chi connectivity index (χ1) is 14.4. The van der Waals surface area contributed by atoms with Gasteiger partial charge in [-0.05, 0) is 83.5 Å². The second kappa shape index (κ2) is 10.1. The van der Waals surface area contributed by atoms with E-state index in [-0.39, 0.29) is 24.6 Å². The van der Waals surface area contributed by atoms with Crippen molar-refractivity contribution in [2.75, 3.05) is 12.9 Å². The molecule has 1 atom stereocenters. The summed E-state index contributed by atoms with van der Waals surface area (Å²) < 4.78 is 25.6. The van der Waals surface area contributed by atoms with Gasteiger partial charge in [0.25, 0.3) is 0 Å². The van der Waals surface area contributed by atoms with Gasteiger partial charge in [0, 0.05) is 41.4 Å². The van der Waals surface area contributed by atoms with Gasteiger partial charge in [-0.3, -0.25) is 9.00 Å². The number of unbranched alkanes of at least 4 members (excludes halogenated alkanes) is 2. The van der Waals surface area contributed by atoms with Gasteiger partial charge in [-0.25, -0.2) is 4.39 Å². The van der Waals surface area contributed by atoms with E-state index in [1.807, 2.05) is 37.3 Å². The normalized spacial score (nSPS) is 15.5. The summed E-state index contributed by atoms with van der Waals surface area (Å²) in [5, 5.41) is 8.87. The molecule has 0 heterocycles. The highest BCUT2D eigenvalue weighted by atomic mass is 32.2. The summed E-state index contributed by atoms with van der Waals surface area (Å²) in [6.45, 7) is 2.13. The summed E-state index contributed by atoms with van der Waals surface area (Å²) in [6.07, 6.45) is 6.73. The van der Waals surface area contributed by atoms with Crippen LogP contribution in [-0.2, 0) is 15.6 Å². The van der Waals surface area contributed by atoms with Gasteiger partial charge in [-0.15, -0.1) is 0 Å². The van der Waals surface area contributed by atoms with Gasteiger partial charge in [0.05, 0.1) is 0 Å². The third kappa shape index (κ3) is 5.21. The van der Waals surface area contributed by atoms with E-state index < -0.39 is 10.8 Å². The van der Waals surface area contributed by atoms with E-state index >= 15 is 0 Å². The molecule has 0 radical (unpaired) electrons. The topological polar surface area (TPSA) is 54.4 Å². The van der Waals surface area contributed by atoms with E-state index in [4.69, 9.17) is 5.11 Å². The van der Waals surface area contributed by atoms with Crippen LogP contribution in [0.1, 0.15) is 55.7 Å². The van der Waals surface area contributed by atoms with E-state index in [0.29, 0.717) is 12.8 Å².